The quantitative estimate of drug-likeness (QED) is 0.718. The third-order valence-electron chi connectivity index (χ3n) is 4.62. The third kappa shape index (κ3) is 4.61. The minimum atomic E-state index is -0.706. The molecule has 1 aromatic carbocycles. The lowest BCUT2D eigenvalue weighted by Crippen LogP contribution is -2.47. The van der Waals surface area contributed by atoms with Gasteiger partial charge < -0.3 is 14.0 Å². The zero-order chi connectivity index (χ0) is 22.3. The van der Waals surface area contributed by atoms with Crippen LogP contribution in [-0.4, -0.2) is 32.0 Å². The highest BCUT2D eigenvalue weighted by Gasteiger charge is 2.37. The lowest BCUT2D eigenvalue weighted by atomic mass is 9.73. The van der Waals surface area contributed by atoms with Crippen molar-refractivity contribution in [2.75, 3.05) is 18.5 Å². The van der Waals surface area contributed by atoms with Crippen molar-refractivity contribution in [1.82, 2.24) is 0 Å². The van der Waals surface area contributed by atoms with Crippen LogP contribution < -0.4 is 10.8 Å². The molecule has 1 amide bonds. The predicted octanol–water partition coefficient (Wildman–Crippen LogP) is 4.59. The maximum Gasteiger partial charge on any atom is 0.494 e. The Morgan fingerprint density at radius 2 is 2.03 bits per heavy atom. The first-order chi connectivity index (χ1) is 14.0. The molecule has 0 bridgehead atoms. The zero-order valence-electron chi connectivity index (χ0n) is 18.1. The first-order valence-corrected chi connectivity index (χ1v) is 10.7. The molecule has 1 aromatic heterocycles. The van der Waals surface area contributed by atoms with Crippen molar-refractivity contribution >= 4 is 45.1 Å². The van der Waals surface area contributed by atoms with Crippen molar-refractivity contribution in [2.45, 2.75) is 53.6 Å². The van der Waals surface area contributed by atoms with E-state index in [1.807, 2.05) is 20.8 Å². The van der Waals surface area contributed by atoms with Crippen molar-refractivity contribution in [3.8, 4) is 6.07 Å². The lowest BCUT2D eigenvalue weighted by Gasteiger charge is -2.33. The summed E-state index contributed by atoms with van der Waals surface area (Å²) in [6.45, 7) is 12.1. The van der Waals surface area contributed by atoms with E-state index in [1.165, 1.54) is 0 Å². The second-order valence-electron chi connectivity index (χ2n) is 9.16. The number of aryl methyl sites for hydroxylation is 1. The number of carbonyl (C=O) groups excluding carboxylic acids is 1. The summed E-state index contributed by atoms with van der Waals surface area (Å²) in [4.78, 5) is 12.3. The summed E-state index contributed by atoms with van der Waals surface area (Å²) in [6, 6.07) is 3.81. The number of rotatable bonds is 3. The average Bonchev–Trinajstić information content (AvgIpc) is 2.99. The average molecular weight is 432 g/mol. The molecule has 1 N–H and O–H groups in total. The van der Waals surface area contributed by atoms with Gasteiger partial charge >= 0.3 is 13.2 Å². The number of amides is 1. The first-order valence-electron chi connectivity index (χ1n) is 9.87. The van der Waals surface area contributed by atoms with E-state index in [0.717, 1.165) is 11.3 Å². The number of carbonyl (C=O) groups is 1. The van der Waals surface area contributed by atoms with Crippen LogP contribution in [0.2, 0.25) is 0 Å². The third-order valence-corrected chi connectivity index (χ3v) is 5.72. The van der Waals surface area contributed by atoms with Crippen molar-refractivity contribution in [3.05, 3.63) is 23.0 Å². The molecule has 1 saturated heterocycles. The maximum absolute atomic E-state index is 15.2. The summed E-state index contributed by atoms with van der Waals surface area (Å²) in [5.74, 6) is -0.397. The number of halogens is 1. The molecular formula is C21H26BFN2O4S. The second kappa shape index (κ2) is 8.18. The molecular weight excluding hydrogens is 406 g/mol. The van der Waals surface area contributed by atoms with Crippen molar-refractivity contribution in [3.63, 3.8) is 0 Å². The molecule has 1 aliphatic heterocycles. The van der Waals surface area contributed by atoms with Gasteiger partial charge in [-0.3, -0.25) is 5.32 Å². The number of anilines is 1. The molecule has 6 nitrogen and oxygen atoms in total. The minimum Gasteiger partial charge on any atom is -0.444 e. The number of nitrogens with zero attached hydrogens (tertiary/aromatic N) is 1. The van der Waals surface area contributed by atoms with Gasteiger partial charge in [-0.05, 0) is 38.2 Å². The number of ether oxygens (including phenoxy) is 1. The van der Waals surface area contributed by atoms with Crippen LogP contribution in [0.15, 0.2) is 6.07 Å². The lowest BCUT2D eigenvalue weighted by molar-refractivity contribution is 0.0344. The van der Waals surface area contributed by atoms with Gasteiger partial charge in [-0.2, -0.15) is 5.26 Å². The first kappa shape index (κ1) is 22.5. The smallest absolute Gasteiger partial charge is 0.444 e. The standard InChI is InChI=1S/C21H26BFN2O4S/c1-7-12-8-14(22-27-10-21(5,6)11-28-22)15-13(9-24)18(30-17(15)16(12)23)25-19(26)29-20(2,3)4/h8H,7,10-11H2,1-6H3,(H,25,26). The molecule has 0 aliphatic carbocycles. The highest BCUT2D eigenvalue weighted by atomic mass is 32.1. The van der Waals surface area contributed by atoms with E-state index >= 15 is 4.39 Å². The molecule has 0 saturated carbocycles. The van der Waals surface area contributed by atoms with Gasteiger partial charge in [0.15, 0.2) is 0 Å². The van der Waals surface area contributed by atoms with E-state index < -0.39 is 24.6 Å². The van der Waals surface area contributed by atoms with E-state index in [2.05, 4.69) is 11.4 Å². The molecule has 0 radical (unpaired) electrons. The zero-order valence-corrected chi connectivity index (χ0v) is 19.0. The Hall–Kier alpha value is -2.15. The molecule has 9 heteroatoms. The molecule has 0 unspecified atom stereocenters. The number of thiophene rings is 1. The molecule has 0 spiro atoms. The van der Waals surface area contributed by atoms with Crippen molar-refractivity contribution < 1.29 is 23.2 Å². The van der Waals surface area contributed by atoms with Gasteiger partial charge in [0.25, 0.3) is 0 Å². The van der Waals surface area contributed by atoms with Gasteiger partial charge in [-0.25, -0.2) is 9.18 Å². The fourth-order valence-electron chi connectivity index (χ4n) is 3.24. The summed E-state index contributed by atoms with van der Waals surface area (Å²) >= 11 is 1.02. The van der Waals surface area contributed by atoms with Crippen LogP contribution in [0.25, 0.3) is 10.1 Å². The normalized spacial score (nSPS) is 16.4. The highest BCUT2D eigenvalue weighted by Crippen LogP contribution is 2.38. The predicted molar refractivity (Wildman–Crippen MR) is 117 cm³/mol. The van der Waals surface area contributed by atoms with Crippen molar-refractivity contribution in [2.24, 2.45) is 5.41 Å². The molecule has 2 heterocycles. The molecule has 3 rings (SSSR count). The van der Waals surface area contributed by atoms with Crippen LogP contribution in [0, 0.1) is 22.6 Å². The number of benzene rings is 1. The Bertz CT molecular complexity index is 1010. The SMILES string of the molecule is CCc1cc(B2OCC(C)(C)CO2)c2c(C#N)c(NC(=O)OC(C)(C)C)sc2c1F. The van der Waals surface area contributed by atoms with Crippen molar-refractivity contribution in [1.29, 1.82) is 5.26 Å². The van der Waals surface area contributed by atoms with E-state index in [1.54, 1.807) is 26.8 Å². The van der Waals surface area contributed by atoms with E-state index in [-0.39, 0.29) is 16.0 Å². The van der Waals surface area contributed by atoms with Crippen LogP contribution in [-0.2, 0) is 20.5 Å². The molecule has 160 valence electrons. The minimum absolute atomic E-state index is 0.126. The second-order valence-corrected chi connectivity index (χ2v) is 10.2. The summed E-state index contributed by atoms with van der Waals surface area (Å²) in [6.07, 6.45) is -0.225. The van der Waals surface area contributed by atoms with Crippen LogP contribution >= 0.6 is 11.3 Å². The molecule has 1 fully saturated rings. The summed E-state index contributed by atoms with van der Waals surface area (Å²) in [7, 11) is -0.706. The monoisotopic (exact) mass is 432 g/mol. The van der Waals surface area contributed by atoms with Crippen LogP contribution in [0.4, 0.5) is 14.2 Å². The van der Waals surface area contributed by atoms with Crippen LogP contribution in [0.1, 0.15) is 52.7 Å². The highest BCUT2D eigenvalue weighted by molar-refractivity contribution is 7.23. The topological polar surface area (TPSA) is 80.6 Å². The van der Waals surface area contributed by atoms with Crippen LogP contribution in [0.3, 0.4) is 0 Å². The molecule has 30 heavy (non-hydrogen) atoms. The van der Waals surface area contributed by atoms with E-state index in [9.17, 15) is 10.1 Å². The summed E-state index contributed by atoms with van der Waals surface area (Å²) in [5, 5.41) is 13.1. The largest absolute Gasteiger partial charge is 0.494 e. The Morgan fingerprint density at radius 1 is 1.40 bits per heavy atom. The Balaban J connectivity index is 2.11. The van der Waals surface area contributed by atoms with Crippen LogP contribution in [0.5, 0.6) is 0 Å². The number of hydrogen-bond donors (Lipinski definition) is 1. The maximum atomic E-state index is 15.2. The van der Waals surface area contributed by atoms with Gasteiger partial charge in [0.2, 0.25) is 0 Å². The summed E-state index contributed by atoms with van der Waals surface area (Å²) in [5.41, 5.74) is 0.456. The number of hydrogen-bond acceptors (Lipinski definition) is 6. The van der Waals surface area contributed by atoms with Gasteiger partial charge in [-0.15, -0.1) is 11.3 Å². The van der Waals surface area contributed by atoms with Gasteiger partial charge in [0.1, 0.15) is 22.5 Å². The number of fused-ring (bicyclic) bond motifs is 1. The van der Waals surface area contributed by atoms with Gasteiger partial charge in [-0.1, -0.05) is 26.8 Å². The van der Waals surface area contributed by atoms with Gasteiger partial charge in [0.05, 0.1) is 10.3 Å². The molecule has 1 aliphatic rings. The fraction of sp³-hybridized carbons (Fsp3) is 0.524. The Morgan fingerprint density at radius 3 is 2.57 bits per heavy atom. The fourth-order valence-corrected chi connectivity index (χ4v) is 4.37. The van der Waals surface area contributed by atoms with E-state index in [0.29, 0.717) is 40.7 Å². The number of nitriles is 1. The molecule has 2 aromatic rings. The Kier molecular flexibility index (Phi) is 6.14. The summed E-state index contributed by atoms with van der Waals surface area (Å²) < 4.78 is 32.6. The Labute approximate surface area is 180 Å². The van der Waals surface area contributed by atoms with E-state index in [4.69, 9.17) is 14.0 Å². The van der Waals surface area contributed by atoms with Gasteiger partial charge in [0, 0.05) is 24.0 Å². The number of nitrogens with one attached hydrogen (secondary N) is 1. The molecule has 0 atom stereocenters.